The third-order valence-electron chi connectivity index (χ3n) is 12.8. The number of anilines is 2. The molecule has 1 N–H and O–H groups in total. The van der Waals surface area contributed by atoms with Crippen LogP contribution in [0.4, 0.5) is 20.2 Å². The highest BCUT2D eigenvalue weighted by Gasteiger charge is 2.53. The number of nitrogens with one attached hydrogen (secondary N) is 1. The molecule has 3 aromatic carbocycles. The highest BCUT2D eigenvalue weighted by Crippen LogP contribution is 2.54. The maximum atomic E-state index is 16.4. The van der Waals surface area contributed by atoms with Gasteiger partial charge in [-0.05, 0) is 123 Å². The second kappa shape index (κ2) is 17.1. The number of piperidine rings is 1. The summed E-state index contributed by atoms with van der Waals surface area (Å²) in [6.45, 7) is 8.17. The van der Waals surface area contributed by atoms with Crippen molar-refractivity contribution in [2.45, 2.75) is 79.3 Å². The van der Waals surface area contributed by atoms with Gasteiger partial charge in [0.05, 0.1) is 30.0 Å². The van der Waals surface area contributed by atoms with Crippen molar-refractivity contribution in [1.29, 1.82) is 0 Å². The minimum Gasteiger partial charge on any atom is -0.469 e. The second-order valence-electron chi connectivity index (χ2n) is 16.2. The number of aryl methyl sites for hydroxylation is 1. The summed E-state index contributed by atoms with van der Waals surface area (Å²) in [6, 6.07) is 19.5. The third-order valence-corrected chi connectivity index (χ3v) is 14.5. The number of hydrogen-bond acceptors (Lipinski definition) is 8. The van der Waals surface area contributed by atoms with Gasteiger partial charge in [-0.2, -0.15) is 0 Å². The number of esters is 1. The summed E-state index contributed by atoms with van der Waals surface area (Å²) >= 11 is 0. The van der Waals surface area contributed by atoms with Crippen LogP contribution in [0.5, 0.6) is 0 Å². The van der Waals surface area contributed by atoms with Crippen LogP contribution in [0.1, 0.15) is 56.8 Å². The van der Waals surface area contributed by atoms with E-state index in [0.717, 1.165) is 61.7 Å². The smallest absolute Gasteiger partial charge is 0.305 e. The van der Waals surface area contributed by atoms with Crippen molar-refractivity contribution >= 4 is 33.1 Å². The number of imidazole rings is 1. The number of rotatable bonds is 15. The summed E-state index contributed by atoms with van der Waals surface area (Å²) < 4.78 is 65.8. The molecule has 7 rings (SSSR count). The Labute approximate surface area is 340 Å². The molecule has 1 aromatic heterocycles. The Morgan fingerprint density at radius 1 is 1.02 bits per heavy atom. The van der Waals surface area contributed by atoms with Gasteiger partial charge in [0.2, 0.25) is 15.7 Å². The molecule has 4 aromatic rings. The zero-order valence-electron chi connectivity index (χ0n) is 33.3. The van der Waals surface area contributed by atoms with Crippen molar-refractivity contribution in [3.8, 4) is 0 Å². The highest BCUT2D eigenvalue weighted by atomic mass is 32.2. The Balaban J connectivity index is 1.05. The van der Waals surface area contributed by atoms with E-state index in [1.807, 2.05) is 17.3 Å². The number of sulfone groups is 1. The largest absolute Gasteiger partial charge is 0.469 e. The highest BCUT2D eigenvalue weighted by molar-refractivity contribution is 7.91. The van der Waals surface area contributed by atoms with Crippen molar-refractivity contribution in [2.24, 2.45) is 17.8 Å². The molecule has 58 heavy (non-hydrogen) atoms. The van der Waals surface area contributed by atoms with E-state index in [-0.39, 0.29) is 59.0 Å². The van der Waals surface area contributed by atoms with Gasteiger partial charge in [-0.1, -0.05) is 38.1 Å². The van der Waals surface area contributed by atoms with Crippen LogP contribution in [0.25, 0.3) is 0 Å². The van der Waals surface area contributed by atoms with Crippen LogP contribution in [0.3, 0.4) is 0 Å². The lowest BCUT2D eigenvalue weighted by atomic mass is 9.57. The fourth-order valence-electron chi connectivity index (χ4n) is 10.0. The molecule has 2 aliphatic heterocycles. The normalized spacial score (nSPS) is 20.9. The zero-order chi connectivity index (χ0) is 41.1. The molecule has 3 heterocycles. The molecule has 0 spiro atoms. The molecule has 1 aliphatic carbocycles. The lowest BCUT2D eigenvalue weighted by Gasteiger charge is -2.52. The molecule has 308 valence electrons. The van der Waals surface area contributed by atoms with E-state index in [0.29, 0.717) is 31.7 Å². The fraction of sp³-hybridized carbons (Fsp3) is 0.444. The average molecular weight is 814 g/mol. The molecule has 13 heteroatoms. The number of benzene rings is 3. The SMILES string of the molecule is C=CC(=O)Nc1cccc(S(=O)(=O)c2ccc(N3CC(F)(CN4CCC([C@@](Cn5ccnc5CC)(c5cccc(F)c5)[C@H]5CCC[C@@H]5CC(=O)OC)CC4)C3)cc2)c1. The Hall–Kier alpha value is -4.88. The number of aromatic nitrogens is 2. The summed E-state index contributed by atoms with van der Waals surface area (Å²) in [5.41, 5.74) is 0.109. The van der Waals surface area contributed by atoms with Gasteiger partial charge in [0.15, 0.2) is 5.67 Å². The lowest BCUT2D eigenvalue weighted by molar-refractivity contribution is -0.142. The van der Waals surface area contributed by atoms with Crippen LogP contribution in [0.2, 0.25) is 0 Å². The number of halogens is 2. The third kappa shape index (κ3) is 8.47. The van der Waals surface area contributed by atoms with Gasteiger partial charge in [-0.15, -0.1) is 0 Å². The number of alkyl halides is 1. The number of hydrogen-bond donors (Lipinski definition) is 1. The van der Waals surface area contributed by atoms with Crippen molar-refractivity contribution < 1.29 is 31.5 Å². The molecule has 3 fully saturated rings. The van der Waals surface area contributed by atoms with Crippen LogP contribution in [0.15, 0.2) is 108 Å². The van der Waals surface area contributed by atoms with Gasteiger partial charge in [0.1, 0.15) is 11.6 Å². The van der Waals surface area contributed by atoms with Gasteiger partial charge in [0, 0.05) is 55.1 Å². The minimum absolute atomic E-state index is 0.0440. The number of carbonyl (C=O) groups is 2. The molecule has 0 bridgehead atoms. The first kappa shape index (κ1) is 41.3. The Morgan fingerprint density at radius 3 is 2.45 bits per heavy atom. The van der Waals surface area contributed by atoms with Gasteiger partial charge < -0.3 is 19.5 Å². The van der Waals surface area contributed by atoms with Crippen LogP contribution < -0.4 is 10.2 Å². The molecule has 1 amide bonds. The number of nitrogens with zero attached hydrogens (tertiary/aromatic N) is 4. The van der Waals surface area contributed by atoms with Crippen LogP contribution in [0, 0.1) is 23.6 Å². The maximum Gasteiger partial charge on any atom is 0.305 e. The first-order valence-corrected chi connectivity index (χ1v) is 21.7. The van der Waals surface area contributed by atoms with Gasteiger partial charge in [-0.25, -0.2) is 22.2 Å². The van der Waals surface area contributed by atoms with Crippen LogP contribution >= 0.6 is 0 Å². The molecule has 2 saturated heterocycles. The summed E-state index contributed by atoms with van der Waals surface area (Å²) in [6.07, 6.45) is 10.4. The lowest BCUT2D eigenvalue weighted by Crippen LogP contribution is -2.64. The van der Waals surface area contributed by atoms with E-state index >= 15 is 8.78 Å². The van der Waals surface area contributed by atoms with E-state index in [1.165, 1.54) is 37.4 Å². The van der Waals surface area contributed by atoms with E-state index in [9.17, 15) is 18.0 Å². The number of methoxy groups -OCH3 is 1. The number of likely N-dealkylation sites (tertiary alicyclic amines) is 1. The summed E-state index contributed by atoms with van der Waals surface area (Å²) in [7, 11) is -2.43. The molecule has 0 radical (unpaired) electrons. The quantitative estimate of drug-likeness (QED) is 0.0977. The van der Waals surface area contributed by atoms with E-state index in [4.69, 9.17) is 4.74 Å². The molecule has 1 saturated carbocycles. The second-order valence-corrected chi connectivity index (χ2v) is 18.2. The van der Waals surface area contributed by atoms with E-state index in [2.05, 4.69) is 39.3 Å². The maximum absolute atomic E-state index is 16.4. The minimum atomic E-state index is -3.87. The summed E-state index contributed by atoms with van der Waals surface area (Å²) in [5, 5.41) is 2.58. The summed E-state index contributed by atoms with van der Waals surface area (Å²) in [5.74, 6) is 0.371. The monoisotopic (exact) mass is 813 g/mol. The molecule has 3 atom stereocenters. The molecule has 3 aliphatic rings. The first-order chi connectivity index (χ1) is 27.9. The van der Waals surface area contributed by atoms with E-state index in [1.54, 1.807) is 36.4 Å². The Kier molecular flexibility index (Phi) is 12.2. The Bertz CT molecular complexity index is 2220. The standard InChI is InChI=1S/C45H53F2N5O5S/c1-4-41-48-21-24-51(41)31-45(34-10-7-11-35(46)26-34,40-14-6-9-32(40)25-43(54)57-3)33-19-22-50(23-20-33)28-44(47)29-52(30-44)37-15-17-38(18-16-37)58(55,56)39-13-8-12-36(27-39)49-42(53)5-2/h5,7-8,10-13,15-18,21,24,26-27,32-33,40H,2,4,6,9,14,19-20,22-23,25,28-31H2,1,3H3,(H,49,53)/t32-,40+,45+/m1/s1. The van der Waals surface area contributed by atoms with Crippen LogP contribution in [-0.2, 0) is 42.5 Å². The van der Waals surface area contributed by atoms with Crippen LogP contribution in [-0.4, -0.2) is 80.2 Å². The summed E-state index contributed by atoms with van der Waals surface area (Å²) in [4.78, 5) is 33.4. The van der Waals surface area contributed by atoms with Crippen molar-refractivity contribution in [2.75, 3.05) is 50.1 Å². The van der Waals surface area contributed by atoms with Crippen molar-refractivity contribution in [1.82, 2.24) is 14.5 Å². The topological polar surface area (TPSA) is 114 Å². The molecule has 0 unspecified atom stereocenters. The predicted molar refractivity (Wildman–Crippen MR) is 220 cm³/mol. The van der Waals surface area contributed by atoms with E-state index < -0.39 is 26.8 Å². The number of amides is 1. The van der Waals surface area contributed by atoms with Gasteiger partial charge in [0.25, 0.3) is 0 Å². The van der Waals surface area contributed by atoms with Gasteiger partial charge >= 0.3 is 5.97 Å². The predicted octanol–water partition coefficient (Wildman–Crippen LogP) is 7.40. The molecular formula is C45H53F2N5O5S. The van der Waals surface area contributed by atoms with Crippen molar-refractivity contribution in [3.05, 3.63) is 115 Å². The van der Waals surface area contributed by atoms with Gasteiger partial charge in [-0.3, -0.25) is 14.5 Å². The van der Waals surface area contributed by atoms with Crippen molar-refractivity contribution in [3.63, 3.8) is 0 Å². The fourth-order valence-corrected chi connectivity index (χ4v) is 11.3. The Morgan fingerprint density at radius 2 is 1.76 bits per heavy atom. The first-order valence-electron chi connectivity index (χ1n) is 20.2. The number of carbonyl (C=O) groups excluding carboxylic acids is 2. The molecule has 10 nitrogen and oxygen atoms in total. The molecular weight excluding hydrogens is 761 g/mol. The number of ether oxygens (including phenoxy) is 1. The zero-order valence-corrected chi connectivity index (χ0v) is 34.1. The average Bonchev–Trinajstić information content (AvgIpc) is 3.88.